The first-order valence-electron chi connectivity index (χ1n) is 9.44. The molecule has 1 aliphatic rings. The summed E-state index contributed by atoms with van der Waals surface area (Å²) in [4.78, 5) is 16.8. The average Bonchev–Trinajstić information content (AvgIpc) is 2.68. The van der Waals surface area contributed by atoms with E-state index in [0.717, 1.165) is 38.3 Å². The van der Waals surface area contributed by atoms with E-state index < -0.39 is 0 Å². The first kappa shape index (κ1) is 19.4. The van der Waals surface area contributed by atoms with Crippen LogP contribution in [0.15, 0.2) is 42.5 Å². The van der Waals surface area contributed by atoms with Crippen LogP contribution in [0.1, 0.15) is 23.1 Å². The average molecular weight is 370 g/mol. The third-order valence-corrected chi connectivity index (χ3v) is 5.22. The molecule has 0 aromatic heterocycles. The molecule has 0 radical (unpaired) electrons. The summed E-state index contributed by atoms with van der Waals surface area (Å²) in [6.07, 6.45) is 0.951. The van der Waals surface area contributed by atoms with Gasteiger partial charge < -0.3 is 9.64 Å². The number of nitrogens with zero attached hydrogens (tertiary/aromatic N) is 2. The van der Waals surface area contributed by atoms with Crippen LogP contribution in [0.5, 0.6) is 5.75 Å². The predicted octanol–water partition coefficient (Wildman–Crippen LogP) is 3.42. The maximum Gasteiger partial charge on any atom is 0.222 e. The van der Waals surface area contributed by atoms with Crippen molar-refractivity contribution in [3.05, 3.63) is 65.0 Å². The van der Waals surface area contributed by atoms with Gasteiger partial charge in [0.1, 0.15) is 0 Å². The van der Waals surface area contributed by atoms with Crippen LogP contribution >= 0.6 is 0 Å². The van der Waals surface area contributed by atoms with Gasteiger partial charge in [0.2, 0.25) is 5.91 Å². The van der Waals surface area contributed by atoms with Gasteiger partial charge in [-0.2, -0.15) is 0 Å². The molecule has 1 fully saturated rings. The molecule has 3 rings (SSSR count). The number of piperazine rings is 1. The molecule has 0 atom stereocenters. The van der Waals surface area contributed by atoms with Crippen molar-refractivity contribution >= 4 is 5.91 Å². The molecule has 0 aliphatic carbocycles. The number of hydrogen-bond donors (Lipinski definition) is 0. The Balaban J connectivity index is 1.46. The van der Waals surface area contributed by atoms with E-state index in [1.54, 1.807) is 6.07 Å². The lowest BCUT2D eigenvalue weighted by molar-refractivity contribution is -0.133. The Morgan fingerprint density at radius 2 is 1.85 bits per heavy atom. The van der Waals surface area contributed by atoms with Crippen molar-refractivity contribution < 1.29 is 13.9 Å². The van der Waals surface area contributed by atoms with Crippen molar-refractivity contribution in [3.63, 3.8) is 0 Å². The van der Waals surface area contributed by atoms with Crippen LogP contribution in [0, 0.1) is 12.7 Å². The van der Waals surface area contributed by atoms with Crippen LogP contribution in [0.3, 0.4) is 0 Å². The molecule has 0 saturated carbocycles. The largest absolute Gasteiger partial charge is 0.494 e. The van der Waals surface area contributed by atoms with Crippen molar-refractivity contribution in [1.82, 2.24) is 9.80 Å². The molecule has 2 aromatic carbocycles. The van der Waals surface area contributed by atoms with Crippen molar-refractivity contribution in [3.8, 4) is 5.75 Å². The molecule has 0 spiro atoms. The van der Waals surface area contributed by atoms with Crippen molar-refractivity contribution in [2.75, 3.05) is 33.3 Å². The molecular formula is C22H27FN2O2. The Morgan fingerprint density at radius 3 is 2.52 bits per heavy atom. The highest BCUT2D eigenvalue weighted by molar-refractivity contribution is 5.76. The molecule has 1 aliphatic heterocycles. The number of halogens is 1. The Hall–Kier alpha value is -2.40. The topological polar surface area (TPSA) is 32.8 Å². The van der Waals surface area contributed by atoms with Crippen LogP contribution in [-0.4, -0.2) is 49.0 Å². The molecule has 144 valence electrons. The van der Waals surface area contributed by atoms with Crippen LogP contribution in [0.2, 0.25) is 0 Å². The predicted molar refractivity (Wildman–Crippen MR) is 104 cm³/mol. The first-order chi connectivity index (χ1) is 13.1. The standard InChI is InChI=1S/C22H27FN2O2/c1-17-5-3-4-6-19(17)16-24-11-13-25(14-12-24)22(26)10-8-18-7-9-21(27-2)20(23)15-18/h3-7,9,15H,8,10-14,16H2,1-2H3. The Morgan fingerprint density at radius 1 is 1.11 bits per heavy atom. The van der Waals surface area contributed by atoms with Gasteiger partial charge in [0.25, 0.3) is 0 Å². The summed E-state index contributed by atoms with van der Waals surface area (Å²) >= 11 is 0. The van der Waals surface area contributed by atoms with E-state index in [4.69, 9.17) is 4.74 Å². The van der Waals surface area contributed by atoms with Crippen LogP contribution in [0.25, 0.3) is 0 Å². The van der Waals surface area contributed by atoms with Gasteiger partial charge in [0, 0.05) is 39.1 Å². The van der Waals surface area contributed by atoms with E-state index in [1.165, 1.54) is 24.3 Å². The molecule has 27 heavy (non-hydrogen) atoms. The van der Waals surface area contributed by atoms with Crippen molar-refractivity contribution in [2.45, 2.75) is 26.3 Å². The van der Waals surface area contributed by atoms with Crippen molar-refractivity contribution in [1.29, 1.82) is 0 Å². The van der Waals surface area contributed by atoms with Crippen LogP contribution < -0.4 is 4.74 Å². The van der Waals surface area contributed by atoms with E-state index in [0.29, 0.717) is 12.8 Å². The monoisotopic (exact) mass is 370 g/mol. The normalized spacial score (nSPS) is 15.0. The zero-order valence-corrected chi connectivity index (χ0v) is 16.1. The lowest BCUT2D eigenvalue weighted by atomic mass is 10.1. The summed E-state index contributed by atoms with van der Waals surface area (Å²) in [5.74, 6) is -0.0103. The van der Waals surface area contributed by atoms with Gasteiger partial charge >= 0.3 is 0 Å². The fraction of sp³-hybridized carbons (Fsp3) is 0.409. The minimum absolute atomic E-state index is 0.141. The molecule has 2 aromatic rings. The molecular weight excluding hydrogens is 343 g/mol. The van der Waals surface area contributed by atoms with Crippen LogP contribution in [0.4, 0.5) is 4.39 Å². The molecule has 0 N–H and O–H groups in total. The third kappa shape index (κ3) is 5.07. The second kappa shape index (κ2) is 9.00. The van der Waals surface area contributed by atoms with E-state index >= 15 is 0 Å². The number of carbonyl (C=O) groups excluding carboxylic acids is 1. The van der Waals surface area contributed by atoms with E-state index in [2.05, 4.69) is 36.1 Å². The summed E-state index contributed by atoms with van der Waals surface area (Å²) in [5.41, 5.74) is 3.47. The number of aryl methyl sites for hydroxylation is 2. The molecule has 1 heterocycles. The van der Waals surface area contributed by atoms with Crippen LogP contribution in [-0.2, 0) is 17.8 Å². The van der Waals surface area contributed by atoms with Gasteiger partial charge in [-0.1, -0.05) is 30.3 Å². The van der Waals surface area contributed by atoms with Gasteiger partial charge in [-0.25, -0.2) is 4.39 Å². The van der Waals surface area contributed by atoms with E-state index in [1.807, 2.05) is 11.0 Å². The Bertz CT molecular complexity index is 786. The third-order valence-electron chi connectivity index (χ3n) is 5.22. The number of carbonyl (C=O) groups is 1. The summed E-state index contributed by atoms with van der Waals surface area (Å²) in [5, 5.41) is 0. The number of rotatable bonds is 6. The Labute approximate surface area is 160 Å². The zero-order valence-electron chi connectivity index (χ0n) is 16.1. The Kier molecular flexibility index (Phi) is 6.45. The fourth-order valence-corrected chi connectivity index (χ4v) is 3.46. The molecule has 1 saturated heterocycles. The lowest BCUT2D eigenvalue weighted by Gasteiger charge is -2.35. The lowest BCUT2D eigenvalue weighted by Crippen LogP contribution is -2.48. The number of ether oxygens (including phenoxy) is 1. The molecule has 4 nitrogen and oxygen atoms in total. The molecule has 5 heteroatoms. The summed E-state index contributed by atoms with van der Waals surface area (Å²) < 4.78 is 18.7. The minimum Gasteiger partial charge on any atom is -0.494 e. The molecule has 1 amide bonds. The van der Waals surface area contributed by atoms with E-state index in [9.17, 15) is 9.18 Å². The second-order valence-electron chi connectivity index (χ2n) is 7.05. The second-order valence-corrected chi connectivity index (χ2v) is 7.05. The van der Waals surface area contributed by atoms with Crippen molar-refractivity contribution in [2.24, 2.45) is 0 Å². The molecule has 0 unspecified atom stereocenters. The quantitative estimate of drug-likeness (QED) is 0.781. The van der Waals surface area contributed by atoms with E-state index in [-0.39, 0.29) is 17.5 Å². The summed E-state index contributed by atoms with van der Waals surface area (Å²) in [6.45, 7) is 6.34. The van der Waals surface area contributed by atoms with Gasteiger partial charge in [0.05, 0.1) is 7.11 Å². The summed E-state index contributed by atoms with van der Waals surface area (Å²) in [6, 6.07) is 13.3. The first-order valence-corrected chi connectivity index (χ1v) is 9.44. The highest BCUT2D eigenvalue weighted by Crippen LogP contribution is 2.19. The smallest absolute Gasteiger partial charge is 0.222 e. The maximum atomic E-state index is 13.8. The SMILES string of the molecule is COc1ccc(CCC(=O)N2CCN(Cc3ccccc3C)CC2)cc1F. The fourth-order valence-electron chi connectivity index (χ4n) is 3.46. The number of hydrogen-bond acceptors (Lipinski definition) is 3. The van der Waals surface area contributed by atoms with Gasteiger partial charge in [-0.05, 0) is 42.2 Å². The van der Waals surface area contributed by atoms with Gasteiger partial charge in [-0.15, -0.1) is 0 Å². The highest BCUT2D eigenvalue weighted by Gasteiger charge is 2.21. The maximum absolute atomic E-state index is 13.8. The number of methoxy groups -OCH3 is 1. The van der Waals surface area contributed by atoms with Gasteiger partial charge in [-0.3, -0.25) is 9.69 Å². The highest BCUT2D eigenvalue weighted by atomic mass is 19.1. The van der Waals surface area contributed by atoms with Gasteiger partial charge in [0.15, 0.2) is 11.6 Å². The molecule has 0 bridgehead atoms. The number of benzene rings is 2. The number of amides is 1. The summed E-state index contributed by atoms with van der Waals surface area (Å²) in [7, 11) is 1.44. The minimum atomic E-state index is -0.382. The zero-order chi connectivity index (χ0) is 19.2.